The third kappa shape index (κ3) is 7.69. The molecular formula is C28H37N5O5. The highest BCUT2D eigenvalue weighted by atomic mass is 16.5. The van der Waals surface area contributed by atoms with Gasteiger partial charge in [0.15, 0.2) is 11.5 Å². The fourth-order valence-electron chi connectivity index (χ4n) is 4.46. The number of amides is 2. The zero-order valence-electron chi connectivity index (χ0n) is 22.2. The summed E-state index contributed by atoms with van der Waals surface area (Å²) in [6.45, 7) is 8.17. The summed E-state index contributed by atoms with van der Waals surface area (Å²) < 4.78 is 16.4. The Bertz CT molecular complexity index is 1120. The molecule has 4 rings (SSSR count). The summed E-state index contributed by atoms with van der Waals surface area (Å²) in [6.07, 6.45) is 1.29. The van der Waals surface area contributed by atoms with Crippen molar-refractivity contribution in [2.45, 2.75) is 32.7 Å². The highest BCUT2D eigenvalue weighted by molar-refractivity contribution is 6.04. The number of nitrogens with one attached hydrogen (secondary N) is 2. The number of anilines is 1. The molecule has 2 N–H and O–H groups in total. The van der Waals surface area contributed by atoms with Crippen molar-refractivity contribution in [3.05, 3.63) is 53.6 Å². The van der Waals surface area contributed by atoms with Crippen LogP contribution in [0.25, 0.3) is 0 Å². The zero-order valence-corrected chi connectivity index (χ0v) is 22.2. The summed E-state index contributed by atoms with van der Waals surface area (Å²) in [5.74, 6) is 1.28. The van der Waals surface area contributed by atoms with E-state index in [9.17, 15) is 9.59 Å². The lowest BCUT2D eigenvalue weighted by Crippen LogP contribution is -2.43. The number of nitrogens with zero attached hydrogens (tertiary/aromatic N) is 3. The van der Waals surface area contributed by atoms with E-state index in [4.69, 9.17) is 14.2 Å². The second kappa shape index (κ2) is 13.8. The lowest BCUT2D eigenvalue weighted by molar-refractivity contribution is -0.132. The topological polar surface area (TPSA) is 105 Å². The largest absolute Gasteiger partial charge is 0.493 e. The van der Waals surface area contributed by atoms with Gasteiger partial charge >= 0.3 is 6.09 Å². The summed E-state index contributed by atoms with van der Waals surface area (Å²) in [5.41, 5.74) is 3.27. The lowest BCUT2D eigenvalue weighted by Gasteiger charge is -2.26. The van der Waals surface area contributed by atoms with Crippen LogP contribution in [0, 0.1) is 0 Å². The Hall–Kier alpha value is -3.63. The van der Waals surface area contributed by atoms with Crippen LogP contribution < -0.4 is 20.1 Å². The van der Waals surface area contributed by atoms with E-state index in [1.807, 2.05) is 37.3 Å². The van der Waals surface area contributed by atoms with Gasteiger partial charge in [0.1, 0.15) is 0 Å². The molecule has 0 atom stereocenters. The van der Waals surface area contributed by atoms with Crippen molar-refractivity contribution in [2.24, 2.45) is 5.10 Å². The van der Waals surface area contributed by atoms with E-state index in [0.29, 0.717) is 49.8 Å². The SMILES string of the molecule is CCOc1cc(C2=NN(Cc3ccc(NC(=O)OCCCN4CCNCC4)cc3)C(=O)CC2)ccc1OC. The number of carbonyl (C=O) groups excluding carboxylic acids is 2. The molecule has 2 aromatic carbocycles. The maximum atomic E-state index is 12.6. The van der Waals surface area contributed by atoms with Gasteiger partial charge in [0, 0.05) is 56.8 Å². The first-order valence-electron chi connectivity index (χ1n) is 13.2. The van der Waals surface area contributed by atoms with Crippen LogP contribution in [-0.4, -0.2) is 80.7 Å². The number of carbonyl (C=O) groups is 2. The van der Waals surface area contributed by atoms with Crippen molar-refractivity contribution < 1.29 is 23.8 Å². The average molecular weight is 524 g/mol. The number of methoxy groups -OCH3 is 1. The third-order valence-electron chi connectivity index (χ3n) is 6.50. The van der Waals surface area contributed by atoms with Gasteiger partial charge in [0.05, 0.1) is 32.6 Å². The Kier molecular flexibility index (Phi) is 9.94. The normalized spacial score (nSPS) is 16.1. The van der Waals surface area contributed by atoms with Gasteiger partial charge in [0.2, 0.25) is 5.91 Å². The van der Waals surface area contributed by atoms with Crippen molar-refractivity contribution in [1.82, 2.24) is 15.2 Å². The number of piperazine rings is 1. The van der Waals surface area contributed by atoms with Crippen LogP contribution >= 0.6 is 0 Å². The number of rotatable bonds is 11. The summed E-state index contributed by atoms with van der Waals surface area (Å²) >= 11 is 0. The molecule has 0 spiro atoms. The first-order chi connectivity index (χ1) is 18.6. The van der Waals surface area contributed by atoms with Crippen LogP contribution in [-0.2, 0) is 16.1 Å². The van der Waals surface area contributed by atoms with Gasteiger partial charge in [-0.25, -0.2) is 9.80 Å². The van der Waals surface area contributed by atoms with Crippen LogP contribution in [0.15, 0.2) is 47.6 Å². The number of benzene rings is 2. The van der Waals surface area contributed by atoms with Crippen molar-refractivity contribution in [1.29, 1.82) is 0 Å². The van der Waals surface area contributed by atoms with Gasteiger partial charge < -0.3 is 24.4 Å². The lowest BCUT2D eigenvalue weighted by atomic mass is 10.0. The Balaban J connectivity index is 1.29. The second-order valence-electron chi connectivity index (χ2n) is 9.20. The molecule has 2 aliphatic heterocycles. The molecule has 2 heterocycles. The number of hydrogen-bond donors (Lipinski definition) is 2. The summed E-state index contributed by atoms with van der Waals surface area (Å²) in [6, 6.07) is 13.0. The number of hydrogen-bond acceptors (Lipinski definition) is 8. The van der Waals surface area contributed by atoms with Crippen molar-refractivity contribution in [3.63, 3.8) is 0 Å². The molecule has 204 valence electrons. The predicted octanol–water partition coefficient (Wildman–Crippen LogP) is 3.46. The first-order valence-corrected chi connectivity index (χ1v) is 13.2. The van der Waals surface area contributed by atoms with E-state index in [0.717, 1.165) is 56.0 Å². The van der Waals surface area contributed by atoms with Gasteiger partial charge in [-0.2, -0.15) is 5.10 Å². The van der Waals surface area contributed by atoms with Crippen molar-refractivity contribution in [2.75, 3.05) is 58.4 Å². The molecular weight excluding hydrogens is 486 g/mol. The standard InChI is InChI=1S/C28H37N5O5/c1-3-37-26-19-22(7-11-25(26)36-2)24-10-12-27(34)33(31-24)20-21-5-8-23(9-6-21)30-28(35)38-18-4-15-32-16-13-29-14-17-32/h5-9,11,19,29H,3-4,10,12-18,20H2,1-2H3,(H,30,35). The minimum atomic E-state index is -0.468. The molecule has 1 saturated heterocycles. The van der Waals surface area contributed by atoms with E-state index in [2.05, 4.69) is 20.6 Å². The molecule has 10 heteroatoms. The zero-order chi connectivity index (χ0) is 26.7. The summed E-state index contributed by atoms with van der Waals surface area (Å²) in [7, 11) is 1.61. The molecule has 0 saturated carbocycles. The molecule has 38 heavy (non-hydrogen) atoms. The molecule has 0 aromatic heterocycles. The van der Waals surface area contributed by atoms with E-state index in [-0.39, 0.29) is 5.91 Å². The molecule has 0 bridgehead atoms. The molecule has 0 radical (unpaired) electrons. The molecule has 10 nitrogen and oxygen atoms in total. The second-order valence-corrected chi connectivity index (χ2v) is 9.20. The van der Waals surface area contributed by atoms with Crippen LogP contribution in [0.2, 0.25) is 0 Å². The molecule has 0 aliphatic carbocycles. The van der Waals surface area contributed by atoms with Crippen LogP contribution in [0.1, 0.15) is 37.3 Å². The predicted molar refractivity (Wildman–Crippen MR) is 146 cm³/mol. The molecule has 2 amide bonds. The summed E-state index contributed by atoms with van der Waals surface area (Å²) in [5, 5.41) is 12.2. The number of hydrazone groups is 1. The molecule has 1 fully saturated rings. The highest BCUT2D eigenvalue weighted by Crippen LogP contribution is 2.30. The Morgan fingerprint density at radius 1 is 1.08 bits per heavy atom. The quantitative estimate of drug-likeness (QED) is 0.435. The van der Waals surface area contributed by atoms with Gasteiger partial charge in [-0.3, -0.25) is 10.1 Å². The Labute approximate surface area is 223 Å². The van der Waals surface area contributed by atoms with Gasteiger partial charge in [-0.15, -0.1) is 0 Å². The van der Waals surface area contributed by atoms with Gasteiger partial charge in [-0.05, 0) is 49.2 Å². The minimum Gasteiger partial charge on any atom is -0.493 e. The molecule has 0 unspecified atom stereocenters. The Morgan fingerprint density at radius 3 is 2.61 bits per heavy atom. The first kappa shape index (κ1) is 27.4. The minimum absolute atomic E-state index is 0.0288. The van der Waals surface area contributed by atoms with Crippen LogP contribution in [0.5, 0.6) is 11.5 Å². The van der Waals surface area contributed by atoms with E-state index >= 15 is 0 Å². The van der Waals surface area contributed by atoms with E-state index in [1.54, 1.807) is 19.2 Å². The monoisotopic (exact) mass is 523 g/mol. The van der Waals surface area contributed by atoms with Crippen molar-refractivity contribution in [3.8, 4) is 11.5 Å². The molecule has 2 aliphatic rings. The summed E-state index contributed by atoms with van der Waals surface area (Å²) in [4.78, 5) is 27.1. The average Bonchev–Trinajstić information content (AvgIpc) is 2.94. The maximum Gasteiger partial charge on any atom is 0.411 e. The van der Waals surface area contributed by atoms with E-state index in [1.165, 1.54) is 5.01 Å². The fourth-order valence-corrected chi connectivity index (χ4v) is 4.46. The highest BCUT2D eigenvalue weighted by Gasteiger charge is 2.22. The van der Waals surface area contributed by atoms with Crippen LogP contribution in [0.4, 0.5) is 10.5 Å². The van der Waals surface area contributed by atoms with E-state index < -0.39 is 6.09 Å². The Morgan fingerprint density at radius 2 is 1.87 bits per heavy atom. The van der Waals surface area contributed by atoms with Gasteiger partial charge in [-0.1, -0.05) is 12.1 Å². The van der Waals surface area contributed by atoms with Crippen molar-refractivity contribution >= 4 is 23.4 Å². The molecule has 2 aromatic rings. The third-order valence-corrected chi connectivity index (χ3v) is 6.50. The van der Waals surface area contributed by atoms with Crippen LogP contribution in [0.3, 0.4) is 0 Å². The smallest absolute Gasteiger partial charge is 0.411 e. The van der Waals surface area contributed by atoms with Gasteiger partial charge in [0.25, 0.3) is 0 Å². The fraction of sp³-hybridized carbons (Fsp3) is 0.464. The maximum absolute atomic E-state index is 12.6. The number of ether oxygens (including phenoxy) is 3.